The highest BCUT2D eigenvalue weighted by molar-refractivity contribution is 9.10. The first kappa shape index (κ1) is 12.6. The second-order valence-corrected chi connectivity index (χ2v) is 5.29. The zero-order chi connectivity index (χ0) is 12.4. The van der Waals surface area contributed by atoms with E-state index in [2.05, 4.69) is 26.5 Å². The van der Waals surface area contributed by atoms with Crippen LogP contribution in [0.1, 0.15) is 16.6 Å². The van der Waals surface area contributed by atoms with Crippen LogP contribution in [0.2, 0.25) is 0 Å². The normalized spacial score (nSPS) is 12.7. The fraction of sp³-hybridized carbons (Fsp3) is 0.300. The number of nitrogens with two attached hydrogens (primary N) is 1. The second kappa shape index (κ2) is 5.18. The number of hydrogen-bond acceptors (Lipinski definition) is 5. The van der Waals surface area contributed by atoms with Gasteiger partial charge in [-0.25, -0.2) is 5.43 Å². The van der Waals surface area contributed by atoms with Gasteiger partial charge in [0, 0.05) is 17.3 Å². The van der Waals surface area contributed by atoms with Gasteiger partial charge in [0.1, 0.15) is 5.75 Å². The topological polar surface area (TPSA) is 65.1 Å². The van der Waals surface area contributed by atoms with Crippen LogP contribution in [-0.2, 0) is 7.05 Å². The zero-order valence-corrected chi connectivity index (χ0v) is 11.9. The zero-order valence-electron chi connectivity index (χ0n) is 9.48. The molecule has 5 nitrogen and oxygen atoms in total. The standard InChI is InChI=1S/C10H13BrN4OS/c1-15-10(7(11)4-13-15)9(14-12)8-3-6(16-2)5-17-8/h3-5,9,14H,12H2,1-2H3. The number of aromatic nitrogens is 2. The lowest BCUT2D eigenvalue weighted by Gasteiger charge is -2.15. The molecule has 0 fully saturated rings. The van der Waals surface area contributed by atoms with E-state index in [0.29, 0.717) is 0 Å². The predicted octanol–water partition coefficient (Wildman–Crippen LogP) is 1.81. The monoisotopic (exact) mass is 316 g/mol. The molecule has 92 valence electrons. The van der Waals surface area contributed by atoms with E-state index < -0.39 is 0 Å². The highest BCUT2D eigenvalue weighted by Gasteiger charge is 2.21. The summed E-state index contributed by atoms with van der Waals surface area (Å²) in [6.45, 7) is 0. The van der Waals surface area contributed by atoms with Crippen molar-refractivity contribution in [2.24, 2.45) is 12.9 Å². The van der Waals surface area contributed by atoms with Gasteiger partial charge < -0.3 is 4.74 Å². The average molecular weight is 317 g/mol. The van der Waals surface area contributed by atoms with E-state index in [-0.39, 0.29) is 6.04 Å². The molecule has 0 aliphatic carbocycles. The number of hydrazine groups is 1. The van der Waals surface area contributed by atoms with E-state index in [4.69, 9.17) is 10.6 Å². The molecule has 7 heteroatoms. The van der Waals surface area contributed by atoms with Crippen LogP contribution in [0.4, 0.5) is 0 Å². The first-order valence-electron chi connectivity index (χ1n) is 4.93. The molecule has 0 saturated carbocycles. The van der Waals surface area contributed by atoms with Crippen LogP contribution in [0.15, 0.2) is 22.1 Å². The molecule has 0 aliphatic heterocycles. The van der Waals surface area contributed by atoms with Crippen LogP contribution in [0, 0.1) is 0 Å². The van der Waals surface area contributed by atoms with Crippen molar-refractivity contribution in [1.82, 2.24) is 15.2 Å². The Labute approximate surface area is 112 Å². The summed E-state index contributed by atoms with van der Waals surface area (Å²) in [7, 11) is 3.53. The molecular weight excluding hydrogens is 304 g/mol. The Morgan fingerprint density at radius 1 is 1.65 bits per heavy atom. The van der Waals surface area contributed by atoms with Crippen molar-refractivity contribution < 1.29 is 4.74 Å². The van der Waals surface area contributed by atoms with Gasteiger partial charge >= 0.3 is 0 Å². The highest BCUT2D eigenvalue weighted by atomic mass is 79.9. The number of ether oxygens (including phenoxy) is 1. The smallest absolute Gasteiger partial charge is 0.129 e. The molecule has 0 aromatic carbocycles. The Hall–Kier alpha value is -0.890. The van der Waals surface area contributed by atoms with Crippen molar-refractivity contribution in [3.05, 3.63) is 32.7 Å². The highest BCUT2D eigenvalue weighted by Crippen LogP contribution is 2.33. The number of methoxy groups -OCH3 is 1. The molecular formula is C10H13BrN4OS. The summed E-state index contributed by atoms with van der Waals surface area (Å²) < 4.78 is 7.89. The Morgan fingerprint density at radius 3 is 2.88 bits per heavy atom. The number of nitrogens with one attached hydrogen (secondary N) is 1. The SMILES string of the molecule is COc1csc(C(NN)c2c(Br)cnn2C)c1. The van der Waals surface area contributed by atoms with Gasteiger partial charge in [-0.15, -0.1) is 11.3 Å². The summed E-state index contributed by atoms with van der Waals surface area (Å²) in [5, 5.41) is 6.13. The van der Waals surface area contributed by atoms with E-state index >= 15 is 0 Å². The maximum absolute atomic E-state index is 5.64. The number of hydrogen-bond donors (Lipinski definition) is 2. The van der Waals surface area contributed by atoms with E-state index in [1.165, 1.54) is 0 Å². The minimum Gasteiger partial charge on any atom is -0.496 e. The molecule has 0 amide bonds. The van der Waals surface area contributed by atoms with Gasteiger partial charge in [-0.3, -0.25) is 10.5 Å². The quantitative estimate of drug-likeness (QED) is 0.667. The third kappa shape index (κ3) is 2.37. The van der Waals surface area contributed by atoms with Crippen molar-refractivity contribution in [3.8, 4) is 5.75 Å². The van der Waals surface area contributed by atoms with E-state index in [1.807, 2.05) is 18.5 Å². The van der Waals surface area contributed by atoms with Gasteiger partial charge in [-0.2, -0.15) is 5.10 Å². The first-order chi connectivity index (χ1) is 8.17. The van der Waals surface area contributed by atoms with Crippen molar-refractivity contribution in [3.63, 3.8) is 0 Å². The van der Waals surface area contributed by atoms with E-state index in [0.717, 1.165) is 20.8 Å². The second-order valence-electron chi connectivity index (χ2n) is 3.49. The number of aryl methyl sites for hydroxylation is 1. The Bertz CT molecular complexity index is 491. The molecule has 1 atom stereocenters. The maximum Gasteiger partial charge on any atom is 0.129 e. The molecule has 0 spiro atoms. The lowest BCUT2D eigenvalue weighted by atomic mass is 10.2. The molecule has 2 heterocycles. The number of nitrogens with zero attached hydrogens (tertiary/aromatic N) is 2. The average Bonchev–Trinajstić information content (AvgIpc) is 2.91. The third-order valence-corrected chi connectivity index (χ3v) is 4.08. The number of halogens is 1. The summed E-state index contributed by atoms with van der Waals surface area (Å²) in [5.41, 5.74) is 3.79. The molecule has 3 N–H and O–H groups in total. The van der Waals surface area contributed by atoms with Crippen molar-refractivity contribution >= 4 is 27.3 Å². The van der Waals surface area contributed by atoms with Gasteiger partial charge in [0.05, 0.1) is 29.5 Å². The molecule has 0 bridgehead atoms. The van der Waals surface area contributed by atoms with Gasteiger partial charge in [0.15, 0.2) is 0 Å². The van der Waals surface area contributed by atoms with Crippen LogP contribution in [0.25, 0.3) is 0 Å². The van der Waals surface area contributed by atoms with Gasteiger partial charge in [0.25, 0.3) is 0 Å². The van der Waals surface area contributed by atoms with Crippen LogP contribution < -0.4 is 16.0 Å². The molecule has 1 unspecified atom stereocenters. The molecule has 2 aromatic heterocycles. The Morgan fingerprint density at radius 2 is 2.41 bits per heavy atom. The minimum atomic E-state index is -0.106. The van der Waals surface area contributed by atoms with Gasteiger partial charge in [-0.1, -0.05) is 0 Å². The van der Waals surface area contributed by atoms with Crippen molar-refractivity contribution in [1.29, 1.82) is 0 Å². The Kier molecular flexibility index (Phi) is 3.82. The summed E-state index contributed by atoms with van der Waals surface area (Å²) in [6.07, 6.45) is 1.75. The molecule has 17 heavy (non-hydrogen) atoms. The summed E-state index contributed by atoms with van der Waals surface area (Å²) in [6, 6.07) is 1.86. The predicted molar refractivity (Wildman–Crippen MR) is 70.9 cm³/mol. The minimum absolute atomic E-state index is 0.106. The fourth-order valence-electron chi connectivity index (χ4n) is 1.63. The molecule has 2 aromatic rings. The van der Waals surface area contributed by atoms with Gasteiger partial charge in [-0.05, 0) is 22.0 Å². The summed E-state index contributed by atoms with van der Waals surface area (Å²) in [4.78, 5) is 1.08. The largest absolute Gasteiger partial charge is 0.496 e. The maximum atomic E-state index is 5.64. The Balaban J connectivity index is 2.40. The lowest BCUT2D eigenvalue weighted by Crippen LogP contribution is -2.30. The van der Waals surface area contributed by atoms with Crippen LogP contribution in [-0.4, -0.2) is 16.9 Å². The first-order valence-corrected chi connectivity index (χ1v) is 6.60. The number of thiophene rings is 1. The van der Waals surface area contributed by atoms with E-state index in [1.54, 1.807) is 29.3 Å². The van der Waals surface area contributed by atoms with E-state index in [9.17, 15) is 0 Å². The lowest BCUT2D eigenvalue weighted by molar-refractivity contribution is 0.416. The van der Waals surface area contributed by atoms with Crippen LogP contribution in [0.3, 0.4) is 0 Å². The summed E-state index contributed by atoms with van der Waals surface area (Å²) in [5.74, 6) is 6.48. The molecule has 0 aliphatic rings. The summed E-state index contributed by atoms with van der Waals surface area (Å²) >= 11 is 5.07. The molecule has 2 rings (SSSR count). The van der Waals surface area contributed by atoms with Crippen molar-refractivity contribution in [2.45, 2.75) is 6.04 Å². The molecule has 0 radical (unpaired) electrons. The van der Waals surface area contributed by atoms with Gasteiger partial charge in [0.2, 0.25) is 0 Å². The van der Waals surface area contributed by atoms with Crippen molar-refractivity contribution in [2.75, 3.05) is 7.11 Å². The van der Waals surface area contributed by atoms with Crippen LogP contribution in [0.5, 0.6) is 5.75 Å². The van der Waals surface area contributed by atoms with Crippen LogP contribution >= 0.6 is 27.3 Å². The molecule has 0 saturated heterocycles. The fourth-order valence-corrected chi connectivity index (χ4v) is 3.13. The number of rotatable bonds is 4. The third-order valence-electron chi connectivity index (χ3n) is 2.49.